The number of ether oxygens (including phenoxy) is 1. The molecule has 1 aromatic carbocycles. The Labute approximate surface area is 108 Å². The molecule has 0 bridgehead atoms. The van der Waals surface area contributed by atoms with Gasteiger partial charge in [-0.15, -0.1) is 0 Å². The summed E-state index contributed by atoms with van der Waals surface area (Å²) in [5, 5.41) is 5.49. The molecular formula is C13H21N3O2. The summed E-state index contributed by atoms with van der Waals surface area (Å²) < 4.78 is 5.31. The number of hydrogen-bond donors (Lipinski definition) is 3. The molecule has 5 heteroatoms. The van der Waals surface area contributed by atoms with Gasteiger partial charge in [0.05, 0.1) is 0 Å². The van der Waals surface area contributed by atoms with Crippen LogP contribution in [0.4, 0.5) is 16.2 Å². The van der Waals surface area contributed by atoms with E-state index in [1.165, 1.54) is 0 Å². The molecule has 2 amide bonds. The number of anilines is 2. The summed E-state index contributed by atoms with van der Waals surface area (Å²) in [4.78, 5) is 11.5. The Hall–Kier alpha value is -1.75. The molecule has 1 aromatic rings. The van der Waals surface area contributed by atoms with E-state index in [2.05, 4.69) is 17.6 Å². The van der Waals surface area contributed by atoms with Crippen LogP contribution in [0.5, 0.6) is 0 Å². The van der Waals surface area contributed by atoms with Gasteiger partial charge in [0.2, 0.25) is 0 Å². The van der Waals surface area contributed by atoms with Crippen molar-refractivity contribution in [3.8, 4) is 0 Å². The standard InChI is InChI=1S/C13H21N3O2/c1-2-9-18-10-3-8-15-13(17)16-12-6-4-11(14)5-7-12/h4-7H,2-3,8-10,14H2,1H3,(H2,15,16,17). The predicted octanol–water partition coefficient (Wildman–Crippen LogP) is 2.21. The van der Waals surface area contributed by atoms with Crippen LogP contribution in [-0.4, -0.2) is 25.8 Å². The number of hydrogen-bond acceptors (Lipinski definition) is 3. The summed E-state index contributed by atoms with van der Waals surface area (Å²) in [6, 6.07) is 6.80. The molecule has 0 aliphatic carbocycles. The summed E-state index contributed by atoms with van der Waals surface area (Å²) in [5.41, 5.74) is 6.95. The Bertz CT molecular complexity index is 352. The average Bonchev–Trinajstić information content (AvgIpc) is 2.36. The molecule has 100 valence electrons. The molecule has 0 atom stereocenters. The Kier molecular flexibility index (Phi) is 6.64. The molecular weight excluding hydrogens is 230 g/mol. The summed E-state index contributed by atoms with van der Waals surface area (Å²) in [5.74, 6) is 0. The molecule has 0 fully saturated rings. The van der Waals surface area contributed by atoms with Crippen LogP contribution in [0.25, 0.3) is 0 Å². The van der Waals surface area contributed by atoms with Gasteiger partial charge in [0, 0.05) is 31.1 Å². The minimum Gasteiger partial charge on any atom is -0.399 e. The molecule has 0 saturated heterocycles. The third-order valence-electron chi connectivity index (χ3n) is 2.27. The average molecular weight is 251 g/mol. The van der Waals surface area contributed by atoms with Crippen molar-refractivity contribution in [2.75, 3.05) is 30.8 Å². The Morgan fingerprint density at radius 2 is 2.00 bits per heavy atom. The van der Waals surface area contributed by atoms with E-state index in [1.54, 1.807) is 24.3 Å². The van der Waals surface area contributed by atoms with Crippen LogP contribution in [0.15, 0.2) is 24.3 Å². The molecule has 0 heterocycles. The molecule has 5 nitrogen and oxygen atoms in total. The van der Waals surface area contributed by atoms with Crippen molar-refractivity contribution < 1.29 is 9.53 Å². The third kappa shape index (κ3) is 6.10. The van der Waals surface area contributed by atoms with Gasteiger partial charge in [0.1, 0.15) is 0 Å². The van der Waals surface area contributed by atoms with Crippen LogP contribution in [0, 0.1) is 0 Å². The van der Waals surface area contributed by atoms with E-state index in [0.717, 1.165) is 25.1 Å². The van der Waals surface area contributed by atoms with Crippen molar-refractivity contribution in [1.29, 1.82) is 0 Å². The zero-order valence-electron chi connectivity index (χ0n) is 10.7. The number of carbonyl (C=O) groups is 1. The van der Waals surface area contributed by atoms with Gasteiger partial charge in [-0.05, 0) is 37.1 Å². The smallest absolute Gasteiger partial charge is 0.319 e. The molecule has 0 spiro atoms. The molecule has 0 aromatic heterocycles. The number of urea groups is 1. The largest absolute Gasteiger partial charge is 0.399 e. The maximum atomic E-state index is 11.5. The Morgan fingerprint density at radius 3 is 2.67 bits per heavy atom. The zero-order valence-corrected chi connectivity index (χ0v) is 10.7. The van der Waals surface area contributed by atoms with E-state index >= 15 is 0 Å². The Balaban J connectivity index is 2.12. The van der Waals surface area contributed by atoms with Gasteiger partial charge in [-0.1, -0.05) is 6.92 Å². The van der Waals surface area contributed by atoms with Crippen molar-refractivity contribution in [2.45, 2.75) is 19.8 Å². The summed E-state index contributed by atoms with van der Waals surface area (Å²) >= 11 is 0. The van der Waals surface area contributed by atoms with Gasteiger partial charge in [-0.2, -0.15) is 0 Å². The highest BCUT2D eigenvalue weighted by molar-refractivity contribution is 5.89. The van der Waals surface area contributed by atoms with Crippen molar-refractivity contribution in [3.05, 3.63) is 24.3 Å². The van der Waals surface area contributed by atoms with E-state index in [9.17, 15) is 4.79 Å². The number of rotatable bonds is 7. The SMILES string of the molecule is CCCOCCCNC(=O)Nc1ccc(N)cc1. The maximum Gasteiger partial charge on any atom is 0.319 e. The van der Waals surface area contributed by atoms with Gasteiger partial charge in [-0.25, -0.2) is 4.79 Å². The first-order chi connectivity index (χ1) is 8.72. The summed E-state index contributed by atoms with van der Waals surface area (Å²) in [6.45, 7) is 4.12. The topological polar surface area (TPSA) is 76.4 Å². The van der Waals surface area contributed by atoms with Crippen molar-refractivity contribution in [1.82, 2.24) is 5.32 Å². The van der Waals surface area contributed by atoms with Gasteiger partial charge in [0.25, 0.3) is 0 Å². The predicted molar refractivity (Wildman–Crippen MR) is 73.6 cm³/mol. The number of carbonyl (C=O) groups excluding carboxylic acids is 1. The molecule has 0 unspecified atom stereocenters. The van der Waals surface area contributed by atoms with E-state index < -0.39 is 0 Å². The summed E-state index contributed by atoms with van der Waals surface area (Å²) in [7, 11) is 0. The minimum atomic E-state index is -0.213. The lowest BCUT2D eigenvalue weighted by atomic mass is 10.3. The molecule has 4 N–H and O–H groups in total. The normalized spacial score (nSPS) is 10.1. The van der Waals surface area contributed by atoms with Crippen LogP contribution in [0.2, 0.25) is 0 Å². The lowest BCUT2D eigenvalue weighted by Gasteiger charge is -2.08. The van der Waals surface area contributed by atoms with Crippen LogP contribution < -0.4 is 16.4 Å². The number of amides is 2. The van der Waals surface area contributed by atoms with Crippen molar-refractivity contribution in [2.24, 2.45) is 0 Å². The molecule has 0 radical (unpaired) electrons. The van der Waals surface area contributed by atoms with Crippen LogP contribution in [0.3, 0.4) is 0 Å². The van der Waals surface area contributed by atoms with Crippen LogP contribution in [0.1, 0.15) is 19.8 Å². The van der Waals surface area contributed by atoms with E-state index in [0.29, 0.717) is 18.8 Å². The fourth-order valence-corrected chi connectivity index (χ4v) is 1.36. The number of nitrogen functional groups attached to an aromatic ring is 1. The second-order valence-electron chi connectivity index (χ2n) is 3.97. The fraction of sp³-hybridized carbons (Fsp3) is 0.462. The quantitative estimate of drug-likeness (QED) is 0.513. The van der Waals surface area contributed by atoms with E-state index in [-0.39, 0.29) is 6.03 Å². The first kappa shape index (κ1) is 14.3. The number of nitrogens with one attached hydrogen (secondary N) is 2. The number of nitrogens with two attached hydrogens (primary N) is 1. The third-order valence-corrected chi connectivity index (χ3v) is 2.27. The van der Waals surface area contributed by atoms with Gasteiger partial charge in [-0.3, -0.25) is 0 Å². The van der Waals surface area contributed by atoms with E-state index in [1.807, 2.05) is 0 Å². The molecule has 1 rings (SSSR count). The first-order valence-corrected chi connectivity index (χ1v) is 6.20. The molecule has 0 aliphatic heterocycles. The monoisotopic (exact) mass is 251 g/mol. The lowest BCUT2D eigenvalue weighted by Crippen LogP contribution is -2.30. The molecule has 0 saturated carbocycles. The fourth-order valence-electron chi connectivity index (χ4n) is 1.36. The highest BCUT2D eigenvalue weighted by Gasteiger charge is 2.00. The highest BCUT2D eigenvalue weighted by Crippen LogP contribution is 2.09. The molecule has 18 heavy (non-hydrogen) atoms. The zero-order chi connectivity index (χ0) is 13.2. The second-order valence-corrected chi connectivity index (χ2v) is 3.97. The minimum absolute atomic E-state index is 0.213. The van der Waals surface area contributed by atoms with Gasteiger partial charge >= 0.3 is 6.03 Å². The van der Waals surface area contributed by atoms with E-state index in [4.69, 9.17) is 10.5 Å². The van der Waals surface area contributed by atoms with Gasteiger partial charge < -0.3 is 21.1 Å². The van der Waals surface area contributed by atoms with Crippen LogP contribution >= 0.6 is 0 Å². The first-order valence-electron chi connectivity index (χ1n) is 6.20. The van der Waals surface area contributed by atoms with Crippen molar-refractivity contribution >= 4 is 17.4 Å². The number of benzene rings is 1. The van der Waals surface area contributed by atoms with Gasteiger partial charge in [0.15, 0.2) is 0 Å². The molecule has 0 aliphatic rings. The highest BCUT2D eigenvalue weighted by atomic mass is 16.5. The maximum absolute atomic E-state index is 11.5. The Morgan fingerprint density at radius 1 is 1.28 bits per heavy atom. The second kappa shape index (κ2) is 8.36. The van der Waals surface area contributed by atoms with Crippen LogP contribution in [-0.2, 0) is 4.74 Å². The van der Waals surface area contributed by atoms with Crippen molar-refractivity contribution in [3.63, 3.8) is 0 Å². The lowest BCUT2D eigenvalue weighted by molar-refractivity contribution is 0.132. The summed E-state index contributed by atoms with van der Waals surface area (Å²) in [6.07, 6.45) is 1.83.